The molecule has 3 N–H and O–H groups in total. The number of rotatable bonds is 12. The average molecular weight is 676 g/mol. The van der Waals surface area contributed by atoms with Crippen LogP contribution in [0.25, 0.3) is 22.4 Å². The van der Waals surface area contributed by atoms with Crippen LogP contribution in [0.2, 0.25) is 0 Å². The number of anilines is 2. The number of pyridine rings is 1. The molecule has 0 fully saturated rings. The number of thioether (sulfide) groups is 1. The molecule has 0 saturated heterocycles. The van der Waals surface area contributed by atoms with Crippen molar-refractivity contribution in [3.05, 3.63) is 75.5 Å². The van der Waals surface area contributed by atoms with Gasteiger partial charge in [-0.05, 0) is 78.3 Å². The van der Waals surface area contributed by atoms with E-state index in [9.17, 15) is 14.4 Å². The lowest BCUT2D eigenvalue weighted by Gasteiger charge is -2.19. The van der Waals surface area contributed by atoms with Crippen LogP contribution in [0, 0.1) is 0 Å². The Morgan fingerprint density at radius 3 is 2.60 bits per heavy atom. The lowest BCUT2D eigenvalue weighted by Crippen LogP contribution is -2.36. The van der Waals surface area contributed by atoms with E-state index in [-0.39, 0.29) is 22.9 Å². The summed E-state index contributed by atoms with van der Waals surface area (Å²) in [6, 6.07) is 9.52. The molecule has 0 bridgehead atoms. The fourth-order valence-corrected chi connectivity index (χ4v) is 6.88. The van der Waals surface area contributed by atoms with E-state index in [2.05, 4.69) is 25.9 Å². The molecule has 1 aliphatic rings. The Balaban J connectivity index is 1.54. The summed E-state index contributed by atoms with van der Waals surface area (Å²) in [5, 5.41) is 11.5. The van der Waals surface area contributed by atoms with Crippen LogP contribution < -0.4 is 35.6 Å². The molecule has 0 saturated carbocycles. The molecule has 0 spiro atoms. The van der Waals surface area contributed by atoms with Gasteiger partial charge in [-0.25, -0.2) is 4.98 Å². The third-order valence-electron chi connectivity index (χ3n) is 7.86. The van der Waals surface area contributed by atoms with Gasteiger partial charge in [0, 0.05) is 35.8 Å². The molecule has 2 amide bonds. The number of nitrogens with one attached hydrogen (secondary N) is 3. The molecule has 11 nitrogen and oxygen atoms in total. The van der Waals surface area contributed by atoms with Gasteiger partial charge in [0.25, 0.3) is 0 Å². The molecule has 4 aromatic rings. The van der Waals surface area contributed by atoms with Crippen LogP contribution in [0.3, 0.4) is 0 Å². The van der Waals surface area contributed by atoms with Crippen LogP contribution in [-0.4, -0.2) is 61.2 Å². The number of carbonyl (C=O) groups is 2. The van der Waals surface area contributed by atoms with E-state index < -0.39 is 12.1 Å². The van der Waals surface area contributed by atoms with Gasteiger partial charge in [-0.2, -0.15) is 11.8 Å². The molecule has 2 aromatic carbocycles. The summed E-state index contributed by atoms with van der Waals surface area (Å²) in [5.74, 6) is 1.57. The van der Waals surface area contributed by atoms with Crippen molar-refractivity contribution in [2.75, 3.05) is 44.0 Å². The smallest absolute Gasteiger partial charge is 0.248 e. The van der Waals surface area contributed by atoms with Crippen molar-refractivity contribution in [1.82, 2.24) is 15.3 Å². The Hall–Kier alpha value is -4.62. The Morgan fingerprint density at radius 2 is 1.91 bits per heavy atom. The lowest BCUT2D eigenvalue weighted by atomic mass is 9.95. The van der Waals surface area contributed by atoms with E-state index in [0.29, 0.717) is 64.2 Å². The van der Waals surface area contributed by atoms with Crippen LogP contribution in [-0.2, 0) is 16.0 Å². The summed E-state index contributed by atoms with van der Waals surface area (Å²) >= 11 is 2.92. The fourth-order valence-electron chi connectivity index (χ4n) is 5.69. The zero-order valence-corrected chi connectivity index (χ0v) is 28.5. The maximum Gasteiger partial charge on any atom is 0.248 e. The Labute approximate surface area is 281 Å². The second kappa shape index (κ2) is 15.3. The minimum atomic E-state index is -0.722. The molecule has 2 heterocycles. The van der Waals surface area contributed by atoms with Crippen molar-refractivity contribution < 1.29 is 23.8 Å². The number of thiazole rings is 1. The normalized spacial score (nSPS) is 14.1. The van der Waals surface area contributed by atoms with Crippen LogP contribution in [0.5, 0.6) is 17.2 Å². The molecule has 2 aromatic heterocycles. The third-order valence-corrected chi connectivity index (χ3v) is 9.27. The number of aryl methyl sites for hydroxylation is 1. The molecule has 2 atom stereocenters. The zero-order chi connectivity index (χ0) is 33.5. The quantitative estimate of drug-likeness (QED) is 0.175. The van der Waals surface area contributed by atoms with Crippen LogP contribution in [0.1, 0.15) is 36.9 Å². The SMILES string of the molecule is COc1cc2c(c(OC)c1OC)-c1ccc(NC(CCSC)C(=O)Nc3nc(-c4cccnc4)cs3)c(=O)cc1C(NC(C)=O)CC2. The summed E-state index contributed by atoms with van der Waals surface area (Å²) in [6.07, 6.45) is 6.96. The molecule has 0 aliphatic heterocycles. The molecule has 2 unspecified atom stereocenters. The highest BCUT2D eigenvalue weighted by Crippen LogP contribution is 2.50. The second-order valence-corrected chi connectivity index (χ2v) is 12.7. The first-order valence-corrected chi connectivity index (χ1v) is 17.2. The molecule has 0 radical (unpaired) electrons. The number of methoxy groups -OCH3 is 3. The standard InChI is InChI=1S/C34H37N5O6S2/c1-19(40)36-24-10-8-20-15-29(43-2)31(44-3)32(45-4)30(20)22-9-11-25(28(41)16-23(22)24)37-26(12-14-46-5)33(42)39-34-38-27(18-47-34)21-7-6-13-35-17-21/h6-7,9,11,13,15-18,24,26H,8,10,12,14H2,1-5H3,(H,36,40)(H,37,41)(H,38,39,42). The van der Waals surface area contributed by atoms with Gasteiger partial charge in [0.1, 0.15) is 6.04 Å². The maximum absolute atomic E-state index is 13.9. The van der Waals surface area contributed by atoms with E-state index in [1.807, 2.05) is 35.9 Å². The summed E-state index contributed by atoms with van der Waals surface area (Å²) in [6.45, 7) is 1.45. The highest BCUT2D eigenvalue weighted by molar-refractivity contribution is 7.98. The van der Waals surface area contributed by atoms with Gasteiger partial charge in [-0.15, -0.1) is 11.3 Å². The monoisotopic (exact) mass is 675 g/mol. The van der Waals surface area contributed by atoms with Crippen LogP contribution in [0.4, 0.5) is 10.8 Å². The number of amides is 2. The predicted octanol–water partition coefficient (Wildman–Crippen LogP) is 5.55. The first-order chi connectivity index (χ1) is 22.8. The minimum absolute atomic E-state index is 0.214. The number of ether oxygens (including phenoxy) is 3. The van der Waals surface area contributed by atoms with E-state index in [4.69, 9.17) is 14.2 Å². The van der Waals surface area contributed by atoms with E-state index in [0.717, 1.165) is 16.7 Å². The minimum Gasteiger partial charge on any atom is -0.493 e. The van der Waals surface area contributed by atoms with Crippen molar-refractivity contribution in [3.8, 4) is 39.6 Å². The summed E-state index contributed by atoms with van der Waals surface area (Å²) in [5.41, 5.74) is 4.50. The molecule has 5 rings (SSSR count). The Bertz CT molecular complexity index is 1820. The molecule has 47 heavy (non-hydrogen) atoms. The number of carbonyl (C=O) groups excluding carboxylic acids is 2. The molecule has 13 heteroatoms. The first kappa shape index (κ1) is 33.7. The number of hydrogen-bond acceptors (Lipinski definition) is 11. The molecule has 246 valence electrons. The molecular formula is C34H37N5O6S2. The van der Waals surface area contributed by atoms with Gasteiger partial charge < -0.3 is 30.2 Å². The van der Waals surface area contributed by atoms with Crippen molar-refractivity contribution >= 4 is 45.7 Å². The van der Waals surface area contributed by atoms with Crippen molar-refractivity contribution in [2.45, 2.75) is 38.3 Å². The van der Waals surface area contributed by atoms with Gasteiger partial charge in [0.15, 0.2) is 16.6 Å². The number of nitrogens with zero attached hydrogens (tertiary/aromatic N) is 2. The van der Waals surface area contributed by atoms with Crippen LogP contribution in [0.15, 0.2) is 59.0 Å². The lowest BCUT2D eigenvalue weighted by molar-refractivity contribution is -0.120. The highest BCUT2D eigenvalue weighted by atomic mass is 32.2. The third kappa shape index (κ3) is 7.52. The average Bonchev–Trinajstić information content (AvgIpc) is 3.42. The van der Waals surface area contributed by atoms with Gasteiger partial charge in [-0.3, -0.25) is 19.4 Å². The molecular weight excluding hydrogens is 639 g/mol. The summed E-state index contributed by atoms with van der Waals surface area (Å²) < 4.78 is 17.2. The zero-order valence-electron chi connectivity index (χ0n) is 26.8. The van der Waals surface area contributed by atoms with Crippen molar-refractivity contribution in [3.63, 3.8) is 0 Å². The number of benzene rings is 1. The van der Waals surface area contributed by atoms with Gasteiger partial charge in [-0.1, -0.05) is 6.07 Å². The van der Waals surface area contributed by atoms with Gasteiger partial charge in [0.2, 0.25) is 23.0 Å². The number of aromatic nitrogens is 2. The number of fused-ring (bicyclic) bond motifs is 3. The Morgan fingerprint density at radius 1 is 1.11 bits per heavy atom. The molecule has 1 aliphatic carbocycles. The highest BCUT2D eigenvalue weighted by Gasteiger charge is 2.30. The van der Waals surface area contributed by atoms with E-state index in [1.165, 1.54) is 24.3 Å². The van der Waals surface area contributed by atoms with E-state index in [1.54, 1.807) is 51.6 Å². The largest absolute Gasteiger partial charge is 0.493 e. The number of hydrogen-bond donors (Lipinski definition) is 3. The Kier molecular flexibility index (Phi) is 11.0. The maximum atomic E-state index is 13.9. The van der Waals surface area contributed by atoms with Crippen molar-refractivity contribution in [1.29, 1.82) is 0 Å². The summed E-state index contributed by atoms with van der Waals surface area (Å²) in [4.78, 5) is 48.5. The van der Waals surface area contributed by atoms with Gasteiger partial charge >= 0.3 is 0 Å². The van der Waals surface area contributed by atoms with E-state index >= 15 is 0 Å². The fraction of sp³-hybridized carbons (Fsp3) is 0.324. The van der Waals surface area contributed by atoms with Crippen molar-refractivity contribution in [2.24, 2.45) is 0 Å². The summed E-state index contributed by atoms with van der Waals surface area (Å²) in [7, 11) is 4.66. The topological polar surface area (TPSA) is 141 Å². The van der Waals surface area contributed by atoms with Gasteiger partial charge in [0.05, 0.1) is 38.8 Å². The first-order valence-electron chi connectivity index (χ1n) is 15.0. The second-order valence-electron chi connectivity index (χ2n) is 10.8. The predicted molar refractivity (Wildman–Crippen MR) is 187 cm³/mol. The van der Waals surface area contributed by atoms with Crippen LogP contribution >= 0.6 is 23.1 Å².